The summed E-state index contributed by atoms with van der Waals surface area (Å²) in [6.07, 6.45) is 2.55. The maximum Gasteiger partial charge on any atom is 0.238 e. The highest BCUT2D eigenvalue weighted by molar-refractivity contribution is 7.89. The lowest BCUT2D eigenvalue weighted by Crippen LogP contribution is -2.11. The molecular weight excluding hydrogens is 338 g/mol. The molecule has 25 heavy (non-hydrogen) atoms. The minimum Gasteiger partial charge on any atom is -0.396 e. The Kier molecular flexibility index (Phi) is 4.98. The molecule has 0 aliphatic heterocycles. The van der Waals surface area contributed by atoms with Crippen molar-refractivity contribution in [3.05, 3.63) is 60.8 Å². The molecule has 0 saturated heterocycles. The monoisotopic (exact) mass is 357 g/mol. The average molecular weight is 357 g/mol. The zero-order valence-corrected chi connectivity index (χ0v) is 14.4. The Balaban J connectivity index is 2.06. The summed E-state index contributed by atoms with van der Waals surface area (Å²) in [7, 11) is -3.72. The van der Waals surface area contributed by atoms with Crippen molar-refractivity contribution in [3.8, 4) is 22.4 Å². The second-order valence-corrected chi connectivity index (χ2v) is 7.23. The van der Waals surface area contributed by atoms with Crippen LogP contribution in [0.15, 0.2) is 65.7 Å². The van der Waals surface area contributed by atoms with E-state index in [1.165, 1.54) is 12.1 Å². The lowest BCUT2D eigenvalue weighted by atomic mass is 10.0. The predicted molar refractivity (Wildman–Crippen MR) is 96.2 cm³/mol. The normalized spacial score (nSPS) is 11.6. The molecule has 0 aliphatic carbocycles. The van der Waals surface area contributed by atoms with E-state index >= 15 is 0 Å². The van der Waals surface area contributed by atoms with E-state index < -0.39 is 10.0 Å². The number of aliphatic hydroxyl groups is 1. The van der Waals surface area contributed by atoms with E-state index in [0.29, 0.717) is 13.0 Å². The third-order valence-corrected chi connectivity index (χ3v) is 4.78. The summed E-state index contributed by atoms with van der Waals surface area (Å²) in [5, 5.41) is 18.8. The third-order valence-electron chi connectivity index (χ3n) is 3.85. The number of hydrogen-bond acceptors (Lipinski definition) is 4. The first-order valence-electron chi connectivity index (χ1n) is 7.86. The lowest BCUT2D eigenvalue weighted by molar-refractivity contribution is 0.277. The van der Waals surface area contributed by atoms with Gasteiger partial charge in [0.1, 0.15) is 5.69 Å². The Labute approximate surface area is 146 Å². The first-order chi connectivity index (χ1) is 12.0. The molecule has 1 heterocycles. The molecule has 0 amide bonds. The van der Waals surface area contributed by atoms with Crippen molar-refractivity contribution in [3.63, 3.8) is 0 Å². The van der Waals surface area contributed by atoms with E-state index in [9.17, 15) is 8.42 Å². The van der Waals surface area contributed by atoms with Gasteiger partial charge in [-0.1, -0.05) is 42.5 Å². The van der Waals surface area contributed by atoms with Crippen LogP contribution in [0.25, 0.3) is 22.4 Å². The van der Waals surface area contributed by atoms with E-state index in [1.807, 2.05) is 36.5 Å². The van der Waals surface area contributed by atoms with E-state index in [-0.39, 0.29) is 11.5 Å². The molecule has 0 spiro atoms. The number of nitrogens with zero attached hydrogens (tertiary/aromatic N) is 2. The van der Waals surface area contributed by atoms with Crippen LogP contribution in [0.1, 0.15) is 6.42 Å². The molecule has 0 radical (unpaired) electrons. The Hall–Kier alpha value is -2.48. The van der Waals surface area contributed by atoms with Crippen LogP contribution in [0, 0.1) is 0 Å². The van der Waals surface area contributed by atoms with Gasteiger partial charge in [0.2, 0.25) is 10.0 Å². The second kappa shape index (κ2) is 7.18. The summed E-state index contributed by atoms with van der Waals surface area (Å²) in [5.74, 6) is 0. The van der Waals surface area contributed by atoms with Crippen LogP contribution in [-0.2, 0) is 16.6 Å². The zero-order valence-electron chi connectivity index (χ0n) is 13.5. The van der Waals surface area contributed by atoms with Gasteiger partial charge >= 0.3 is 0 Å². The molecule has 3 N–H and O–H groups in total. The molecule has 0 fully saturated rings. The van der Waals surface area contributed by atoms with Crippen LogP contribution in [0.3, 0.4) is 0 Å². The molecule has 0 aliphatic rings. The molecule has 7 heteroatoms. The van der Waals surface area contributed by atoms with E-state index in [4.69, 9.17) is 10.2 Å². The quantitative estimate of drug-likeness (QED) is 0.707. The summed E-state index contributed by atoms with van der Waals surface area (Å²) in [4.78, 5) is 0.0669. The molecule has 130 valence electrons. The van der Waals surface area contributed by atoms with Crippen LogP contribution in [0.2, 0.25) is 0 Å². The minimum absolute atomic E-state index is 0.0669. The number of nitrogens with two attached hydrogens (primary N) is 1. The Morgan fingerprint density at radius 2 is 1.68 bits per heavy atom. The fourth-order valence-electron chi connectivity index (χ4n) is 2.61. The number of sulfonamides is 1. The van der Waals surface area contributed by atoms with Gasteiger partial charge in [0, 0.05) is 30.5 Å². The Bertz CT molecular complexity index is 949. The number of hydrogen-bond donors (Lipinski definition) is 2. The first-order valence-corrected chi connectivity index (χ1v) is 9.40. The molecule has 0 saturated carbocycles. The molecular formula is C18H19N3O3S. The summed E-state index contributed by atoms with van der Waals surface area (Å²) in [6.45, 7) is 0.699. The molecule has 0 atom stereocenters. The number of aromatic nitrogens is 2. The highest BCUT2D eigenvalue weighted by Gasteiger charge is 2.14. The SMILES string of the molecule is NS(=O)(=O)c1ccc(-c2nn(CCCO)cc2-c2ccccc2)cc1. The predicted octanol–water partition coefficient (Wildman–Crippen LogP) is 2.25. The van der Waals surface area contributed by atoms with Crippen LogP contribution in [0.5, 0.6) is 0 Å². The van der Waals surface area contributed by atoms with Crippen molar-refractivity contribution >= 4 is 10.0 Å². The number of rotatable bonds is 6. The summed E-state index contributed by atoms with van der Waals surface area (Å²) in [6, 6.07) is 16.2. The largest absolute Gasteiger partial charge is 0.396 e. The van der Waals surface area contributed by atoms with Crippen LogP contribution in [-0.4, -0.2) is 29.9 Å². The van der Waals surface area contributed by atoms with Gasteiger partial charge in [-0.25, -0.2) is 13.6 Å². The standard InChI is InChI=1S/C18H19N3O3S/c19-25(23,24)16-9-7-15(8-10-16)18-17(14-5-2-1-3-6-14)13-21(20-18)11-4-12-22/h1-3,5-10,13,22H,4,11-12H2,(H2,19,23,24). The maximum atomic E-state index is 11.4. The van der Waals surface area contributed by atoms with Gasteiger partial charge in [-0.05, 0) is 24.1 Å². The van der Waals surface area contributed by atoms with E-state index in [1.54, 1.807) is 16.8 Å². The van der Waals surface area contributed by atoms with Crippen molar-refractivity contribution in [2.75, 3.05) is 6.61 Å². The second-order valence-electron chi connectivity index (χ2n) is 5.67. The van der Waals surface area contributed by atoms with E-state index in [2.05, 4.69) is 5.10 Å². The Morgan fingerprint density at radius 3 is 2.28 bits per heavy atom. The fraction of sp³-hybridized carbons (Fsp3) is 0.167. The van der Waals surface area contributed by atoms with Gasteiger partial charge in [0.05, 0.1) is 4.90 Å². The molecule has 2 aromatic carbocycles. The van der Waals surface area contributed by atoms with Gasteiger partial charge in [-0.15, -0.1) is 0 Å². The molecule has 0 unspecified atom stereocenters. The zero-order chi connectivity index (χ0) is 17.9. The van der Waals surface area contributed by atoms with Crippen LogP contribution in [0.4, 0.5) is 0 Å². The summed E-state index contributed by atoms with van der Waals surface area (Å²) < 4.78 is 24.6. The van der Waals surface area contributed by atoms with Gasteiger partial charge in [0.15, 0.2) is 0 Å². The number of aliphatic hydroxyl groups excluding tert-OH is 1. The van der Waals surface area contributed by atoms with Crippen molar-refractivity contribution in [1.82, 2.24) is 9.78 Å². The summed E-state index contributed by atoms with van der Waals surface area (Å²) >= 11 is 0. The number of aryl methyl sites for hydroxylation is 1. The van der Waals surface area contributed by atoms with Crippen molar-refractivity contribution in [2.45, 2.75) is 17.9 Å². The van der Waals surface area contributed by atoms with E-state index in [0.717, 1.165) is 22.4 Å². The minimum atomic E-state index is -3.72. The molecule has 3 aromatic rings. The third kappa shape index (κ3) is 3.96. The molecule has 0 bridgehead atoms. The molecule has 3 rings (SSSR count). The maximum absolute atomic E-state index is 11.4. The van der Waals surface area contributed by atoms with Crippen molar-refractivity contribution in [2.24, 2.45) is 5.14 Å². The van der Waals surface area contributed by atoms with Crippen molar-refractivity contribution < 1.29 is 13.5 Å². The highest BCUT2D eigenvalue weighted by atomic mass is 32.2. The average Bonchev–Trinajstić information content (AvgIpc) is 3.04. The van der Waals surface area contributed by atoms with Crippen LogP contribution >= 0.6 is 0 Å². The van der Waals surface area contributed by atoms with Crippen LogP contribution < -0.4 is 5.14 Å². The van der Waals surface area contributed by atoms with Gasteiger partial charge in [-0.3, -0.25) is 4.68 Å². The number of benzene rings is 2. The summed E-state index contributed by atoms with van der Waals surface area (Å²) in [5.41, 5.74) is 3.52. The van der Waals surface area contributed by atoms with Crippen molar-refractivity contribution in [1.29, 1.82) is 0 Å². The topological polar surface area (TPSA) is 98.2 Å². The van der Waals surface area contributed by atoms with Gasteiger partial charge in [0.25, 0.3) is 0 Å². The Morgan fingerprint density at radius 1 is 1.00 bits per heavy atom. The molecule has 6 nitrogen and oxygen atoms in total. The molecule has 1 aromatic heterocycles. The smallest absolute Gasteiger partial charge is 0.238 e. The van der Waals surface area contributed by atoms with Gasteiger partial charge in [-0.2, -0.15) is 5.10 Å². The fourth-order valence-corrected chi connectivity index (χ4v) is 3.13. The lowest BCUT2D eigenvalue weighted by Gasteiger charge is -2.04. The number of primary sulfonamides is 1. The highest BCUT2D eigenvalue weighted by Crippen LogP contribution is 2.31. The van der Waals surface area contributed by atoms with Gasteiger partial charge < -0.3 is 5.11 Å². The first kappa shape index (κ1) is 17.3.